The average Bonchev–Trinajstić information content (AvgIpc) is 3.15. The molecule has 0 aromatic rings. The number of carbonyl (C=O) groups is 2. The van der Waals surface area contributed by atoms with Gasteiger partial charge in [-0.1, -0.05) is 168 Å². The van der Waals surface area contributed by atoms with Gasteiger partial charge in [-0.25, -0.2) is 0 Å². The van der Waals surface area contributed by atoms with E-state index >= 15 is 0 Å². The van der Waals surface area contributed by atoms with Crippen LogP contribution in [0, 0.1) is 10.8 Å². The fraction of sp³-hybridized carbons (Fsp3) is 0.959. The predicted molar refractivity (Wildman–Crippen MR) is 235 cm³/mol. The van der Waals surface area contributed by atoms with Crippen LogP contribution in [0.4, 0.5) is 0 Å². The molecule has 0 amide bonds. The molecular weight excluding hydrogens is 683 g/mol. The van der Waals surface area contributed by atoms with Crippen LogP contribution in [0.2, 0.25) is 0 Å². The summed E-state index contributed by atoms with van der Waals surface area (Å²) in [6.45, 7) is 14.4. The monoisotopic (exact) mass is 778 g/mol. The van der Waals surface area contributed by atoms with Gasteiger partial charge in [-0.2, -0.15) is 0 Å². The summed E-state index contributed by atoms with van der Waals surface area (Å²) in [4.78, 5) is 28.7. The predicted octanol–water partition coefficient (Wildman–Crippen LogP) is 14.1. The first-order chi connectivity index (χ1) is 26.7. The Morgan fingerprint density at radius 2 is 1.05 bits per heavy atom. The molecule has 0 saturated heterocycles. The van der Waals surface area contributed by atoms with Crippen molar-refractivity contribution in [2.24, 2.45) is 10.8 Å². The third kappa shape index (κ3) is 26.5. The molecule has 0 bridgehead atoms. The molecule has 1 aliphatic carbocycles. The molecule has 1 aliphatic rings. The highest BCUT2D eigenvalue weighted by Gasteiger charge is 2.45. The van der Waals surface area contributed by atoms with Crippen LogP contribution in [0.5, 0.6) is 0 Å². The number of nitrogens with zero attached hydrogens (tertiary/aromatic N) is 1. The molecule has 0 aromatic carbocycles. The van der Waals surface area contributed by atoms with Gasteiger partial charge in [0.1, 0.15) is 6.10 Å². The van der Waals surface area contributed by atoms with E-state index in [1.807, 2.05) is 13.8 Å². The van der Waals surface area contributed by atoms with E-state index in [0.29, 0.717) is 6.61 Å². The Morgan fingerprint density at radius 3 is 1.55 bits per heavy atom. The Kier molecular flexibility index (Phi) is 32.9. The minimum atomic E-state index is -0.411. The summed E-state index contributed by atoms with van der Waals surface area (Å²) in [5, 5.41) is 9.69. The zero-order valence-corrected chi connectivity index (χ0v) is 37.7. The van der Waals surface area contributed by atoms with E-state index in [9.17, 15) is 14.7 Å². The lowest BCUT2D eigenvalue weighted by molar-refractivity contribution is -0.169. The van der Waals surface area contributed by atoms with Crippen LogP contribution in [0.25, 0.3) is 0 Å². The van der Waals surface area contributed by atoms with E-state index in [1.165, 1.54) is 116 Å². The second kappa shape index (κ2) is 34.9. The molecule has 6 nitrogen and oxygen atoms in total. The zero-order chi connectivity index (χ0) is 40.3. The number of rotatable bonds is 41. The standard InChI is InChI=1S/C49H95NO5/c1-6-9-12-15-18-25-32-44-54-46(52)48(4,5)36-28-21-23-30-40-50(42-43-51)41-31-24-22-29-37-49(38-33-39-49)47(53)55-45(34-26-19-16-13-10-7-2)35-27-20-17-14-11-8-3/h45,51H,6-44H2,1-5H3. The van der Waals surface area contributed by atoms with Crippen LogP contribution >= 0.6 is 0 Å². The molecule has 0 unspecified atom stereocenters. The molecule has 0 atom stereocenters. The quantitative estimate of drug-likeness (QED) is 0.0492. The molecular formula is C49H95NO5. The topological polar surface area (TPSA) is 76.1 Å². The Bertz CT molecular complexity index is 871. The van der Waals surface area contributed by atoms with E-state index in [0.717, 1.165) is 122 Å². The number of carbonyl (C=O) groups excluding carboxylic acids is 2. The van der Waals surface area contributed by atoms with Crippen molar-refractivity contribution >= 4 is 11.9 Å². The number of hydrogen-bond acceptors (Lipinski definition) is 6. The highest BCUT2D eigenvalue weighted by molar-refractivity contribution is 5.78. The van der Waals surface area contributed by atoms with Crippen molar-refractivity contribution in [2.75, 3.05) is 32.8 Å². The van der Waals surface area contributed by atoms with E-state index in [2.05, 4.69) is 25.7 Å². The second-order valence-corrected chi connectivity index (χ2v) is 18.3. The van der Waals surface area contributed by atoms with Gasteiger partial charge in [0.25, 0.3) is 0 Å². The van der Waals surface area contributed by atoms with Gasteiger partial charge in [-0.05, 0) is 97.6 Å². The van der Waals surface area contributed by atoms with E-state index < -0.39 is 5.41 Å². The normalized spacial score (nSPS) is 14.1. The molecule has 55 heavy (non-hydrogen) atoms. The maximum atomic E-state index is 13.6. The Hall–Kier alpha value is -1.14. The van der Waals surface area contributed by atoms with Crippen LogP contribution in [-0.2, 0) is 19.1 Å². The van der Waals surface area contributed by atoms with Crippen LogP contribution in [0.3, 0.4) is 0 Å². The first-order valence-electron chi connectivity index (χ1n) is 24.5. The van der Waals surface area contributed by atoms with Crippen LogP contribution < -0.4 is 0 Å². The van der Waals surface area contributed by atoms with Crippen LogP contribution in [0.1, 0.15) is 253 Å². The maximum Gasteiger partial charge on any atom is 0.312 e. The van der Waals surface area contributed by atoms with E-state index in [4.69, 9.17) is 9.47 Å². The number of hydrogen-bond donors (Lipinski definition) is 1. The van der Waals surface area contributed by atoms with Gasteiger partial charge < -0.3 is 19.5 Å². The van der Waals surface area contributed by atoms with Crippen molar-refractivity contribution in [1.82, 2.24) is 4.90 Å². The first kappa shape index (κ1) is 51.9. The summed E-state index contributed by atoms with van der Waals surface area (Å²) in [6, 6.07) is 0. The van der Waals surface area contributed by atoms with Gasteiger partial charge >= 0.3 is 11.9 Å². The van der Waals surface area contributed by atoms with Crippen LogP contribution in [-0.4, -0.2) is 60.9 Å². The highest BCUT2D eigenvalue weighted by Crippen LogP contribution is 2.47. The number of aliphatic hydroxyl groups excluding tert-OH is 1. The summed E-state index contributed by atoms with van der Waals surface area (Å²) in [5.74, 6) is 0.0822. The SMILES string of the molecule is CCCCCCCCCOC(=O)C(C)(C)CCCCCCN(CCO)CCCCCCC1(C(=O)OC(CCCCCCCC)CCCCCCCC)CCC1. The molecule has 1 saturated carbocycles. The molecule has 6 heteroatoms. The lowest BCUT2D eigenvalue weighted by Crippen LogP contribution is -2.41. The molecule has 0 heterocycles. The van der Waals surface area contributed by atoms with Gasteiger partial charge in [-0.3, -0.25) is 9.59 Å². The van der Waals surface area contributed by atoms with Crippen molar-refractivity contribution in [3.8, 4) is 0 Å². The van der Waals surface area contributed by atoms with Crippen molar-refractivity contribution in [3.63, 3.8) is 0 Å². The lowest BCUT2D eigenvalue weighted by Gasteiger charge is -2.40. The fourth-order valence-electron chi connectivity index (χ4n) is 8.41. The highest BCUT2D eigenvalue weighted by atomic mass is 16.5. The van der Waals surface area contributed by atoms with Gasteiger partial charge in [0, 0.05) is 6.54 Å². The zero-order valence-electron chi connectivity index (χ0n) is 37.7. The number of aliphatic hydroxyl groups is 1. The van der Waals surface area contributed by atoms with E-state index in [-0.39, 0.29) is 30.1 Å². The van der Waals surface area contributed by atoms with Gasteiger partial charge in [-0.15, -0.1) is 0 Å². The minimum Gasteiger partial charge on any atom is -0.465 e. The minimum absolute atomic E-state index is 0.0402. The molecule has 326 valence electrons. The smallest absolute Gasteiger partial charge is 0.312 e. The maximum absolute atomic E-state index is 13.6. The second-order valence-electron chi connectivity index (χ2n) is 18.3. The van der Waals surface area contributed by atoms with Crippen LogP contribution in [0.15, 0.2) is 0 Å². The van der Waals surface area contributed by atoms with Crippen molar-refractivity contribution in [1.29, 1.82) is 0 Å². The van der Waals surface area contributed by atoms with E-state index in [1.54, 1.807) is 0 Å². The number of unbranched alkanes of at least 4 members (excludes halogenated alkanes) is 22. The van der Waals surface area contributed by atoms with Crippen molar-refractivity contribution in [2.45, 2.75) is 259 Å². The molecule has 1 N–H and O–H groups in total. The lowest BCUT2D eigenvalue weighted by atomic mass is 9.66. The first-order valence-corrected chi connectivity index (χ1v) is 24.5. The fourth-order valence-corrected chi connectivity index (χ4v) is 8.41. The average molecular weight is 778 g/mol. The Labute approximate surface area is 342 Å². The Morgan fingerprint density at radius 1 is 0.600 bits per heavy atom. The number of ether oxygens (including phenoxy) is 2. The van der Waals surface area contributed by atoms with Crippen molar-refractivity contribution in [3.05, 3.63) is 0 Å². The molecule has 1 fully saturated rings. The molecule has 0 aliphatic heterocycles. The third-order valence-electron chi connectivity index (χ3n) is 12.6. The summed E-state index contributed by atoms with van der Waals surface area (Å²) in [6.07, 6.45) is 40.3. The Balaban J connectivity index is 2.30. The molecule has 0 spiro atoms. The summed E-state index contributed by atoms with van der Waals surface area (Å²) in [5.41, 5.74) is -0.627. The molecule has 0 aromatic heterocycles. The molecule has 1 rings (SSSR count). The van der Waals surface area contributed by atoms with Gasteiger partial charge in [0.2, 0.25) is 0 Å². The molecule has 0 radical (unpaired) electrons. The summed E-state index contributed by atoms with van der Waals surface area (Å²) >= 11 is 0. The number of esters is 2. The van der Waals surface area contributed by atoms with Gasteiger partial charge in [0.05, 0.1) is 24.0 Å². The van der Waals surface area contributed by atoms with Gasteiger partial charge in [0.15, 0.2) is 0 Å². The third-order valence-corrected chi connectivity index (χ3v) is 12.6. The van der Waals surface area contributed by atoms with Crippen molar-refractivity contribution < 1.29 is 24.2 Å². The largest absolute Gasteiger partial charge is 0.465 e. The summed E-state index contributed by atoms with van der Waals surface area (Å²) in [7, 11) is 0. The summed E-state index contributed by atoms with van der Waals surface area (Å²) < 4.78 is 12.0.